The van der Waals surface area contributed by atoms with Crippen LogP contribution in [0.4, 0.5) is 4.79 Å². The molecule has 0 aliphatic heterocycles. The molecule has 2 aliphatic carbocycles. The highest BCUT2D eigenvalue weighted by Gasteiger charge is 2.32. The smallest absolute Gasteiger partial charge is 0.407 e. The van der Waals surface area contributed by atoms with Gasteiger partial charge in [0, 0.05) is 18.4 Å². The summed E-state index contributed by atoms with van der Waals surface area (Å²) in [7, 11) is 0. The summed E-state index contributed by atoms with van der Waals surface area (Å²) in [5, 5.41) is 23.5. The van der Waals surface area contributed by atoms with Crippen molar-refractivity contribution in [2.75, 3.05) is 19.7 Å². The molecule has 0 radical (unpaired) electrons. The second kappa shape index (κ2) is 10.7. The zero-order valence-electron chi connectivity index (χ0n) is 18.9. The first-order valence-corrected chi connectivity index (χ1v) is 11.7. The number of hydrogen-bond acceptors (Lipinski definition) is 5. The topological polar surface area (TPSA) is 125 Å². The highest BCUT2D eigenvalue weighted by molar-refractivity contribution is 5.81. The van der Waals surface area contributed by atoms with Gasteiger partial charge in [-0.25, -0.2) is 9.59 Å². The molecule has 1 fully saturated rings. The predicted octanol–water partition coefficient (Wildman–Crippen LogP) is 2.89. The average molecular weight is 467 g/mol. The fourth-order valence-corrected chi connectivity index (χ4v) is 5.08. The molecule has 2 aliphatic rings. The van der Waals surface area contributed by atoms with E-state index in [0.29, 0.717) is 13.0 Å². The lowest BCUT2D eigenvalue weighted by molar-refractivity contribution is -0.146. The van der Waals surface area contributed by atoms with Crippen LogP contribution in [0.3, 0.4) is 0 Å². The van der Waals surface area contributed by atoms with Gasteiger partial charge >= 0.3 is 12.1 Å². The molecule has 2 aromatic rings. The third-order valence-electron chi connectivity index (χ3n) is 6.85. The van der Waals surface area contributed by atoms with E-state index in [-0.39, 0.29) is 36.8 Å². The maximum atomic E-state index is 12.6. The SMILES string of the molecule is O=C(NCC1CCCCC1C(=O)NC[C@H](O)C(=O)O)OCC1c2ccccc2-c2ccccc21. The Balaban J connectivity index is 1.30. The molecule has 3 atom stereocenters. The zero-order valence-corrected chi connectivity index (χ0v) is 18.9. The summed E-state index contributed by atoms with van der Waals surface area (Å²) in [6.07, 6.45) is 1.13. The number of aliphatic hydroxyl groups is 1. The minimum absolute atomic E-state index is 0.0213. The van der Waals surface area contributed by atoms with Gasteiger partial charge in [-0.2, -0.15) is 0 Å². The Labute approximate surface area is 198 Å². The van der Waals surface area contributed by atoms with E-state index in [1.54, 1.807) is 0 Å². The van der Waals surface area contributed by atoms with Crippen molar-refractivity contribution in [2.24, 2.45) is 11.8 Å². The minimum atomic E-state index is -1.63. The summed E-state index contributed by atoms with van der Waals surface area (Å²) in [5.74, 6) is -2.11. The molecular formula is C26H30N2O6. The molecule has 0 bridgehead atoms. The molecule has 1 saturated carbocycles. The van der Waals surface area contributed by atoms with E-state index in [1.807, 2.05) is 24.3 Å². The van der Waals surface area contributed by atoms with Crippen molar-refractivity contribution in [1.82, 2.24) is 10.6 Å². The van der Waals surface area contributed by atoms with Gasteiger partial charge in [0.1, 0.15) is 6.61 Å². The lowest BCUT2D eigenvalue weighted by atomic mass is 9.78. The second-order valence-corrected chi connectivity index (χ2v) is 8.96. The largest absolute Gasteiger partial charge is 0.479 e. The molecule has 0 heterocycles. The number of rotatable bonds is 8. The van der Waals surface area contributed by atoms with Crippen LogP contribution in [0.1, 0.15) is 42.7 Å². The van der Waals surface area contributed by atoms with Gasteiger partial charge in [0.2, 0.25) is 5.91 Å². The molecule has 8 heteroatoms. The normalized spacial score (nSPS) is 20.0. The molecule has 0 spiro atoms. The van der Waals surface area contributed by atoms with E-state index >= 15 is 0 Å². The van der Waals surface area contributed by atoms with Crippen molar-refractivity contribution in [2.45, 2.75) is 37.7 Å². The molecule has 2 unspecified atom stereocenters. The predicted molar refractivity (Wildman–Crippen MR) is 125 cm³/mol. The number of benzene rings is 2. The zero-order chi connectivity index (χ0) is 24.1. The van der Waals surface area contributed by atoms with Crippen LogP contribution in [0, 0.1) is 11.8 Å². The van der Waals surface area contributed by atoms with Crippen LogP contribution < -0.4 is 10.6 Å². The van der Waals surface area contributed by atoms with Gasteiger partial charge in [0.25, 0.3) is 0 Å². The quantitative estimate of drug-likeness (QED) is 0.474. The Bertz CT molecular complexity index is 1010. The molecule has 4 N–H and O–H groups in total. The number of carbonyl (C=O) groups is 3. The van der Waals surface area contributed by atoms with Gasteiger partial charge in [-0.1, -0.05) is 61.4 Å². The monoisotopic (exact) mass is 466 g/mol. The number of aliphatic hydroxyl groups excluding tert-OH is 1. The van der Waals surface area contributed by atoms with E-state index in [1.165, 1.54) is 0 Å². The lowest BCUT2D eigenvalue weighted by Gasteiger charge is -2.30. The first kappa shape index (κ1) is 23.8. The summed E-state index contributed by atoms with van der Waals surface area (Å²) in [6.45, 7) is 0.189. The summed E-state index contributed by atoms with van der Waals surface area (Å²) in [6, 6.07) is 16.3. The first-order chi connectivity index (χ1) is 16.5. The van der Waals surface area contributed by atoms with Gasteiger partial charge < -0.3 is 25.6 Å². The van der Waals surface area contributed by atoms with Crippen molar-refractivity contribution in [3.63, 3.8) is 0 Å². The van der Waals surface area contributed by atoms with Crippen LogP contribution in [0.5, 0.6) is 0 Å². The molecule has 180 valence electrons. The van der Waals surface area contributed by atoms with Crippen LogP contribution in [-0.2, 0) is 14.3 Å². The number of fused-ring (bicyclic) bond motifs is 3. The van der Waals surface area contributed by atoms with Gasteiger partial charge in [-0.05, 0) is 41.0 Å². The van der Waals surface area contributed by atoms with Gasteiger partial charge in [-0.3, -0.25) is 4.79 Å². The van der Waals surface area contributed by atoms with Crippen LogP contribution in [-0.4, -0.2) is 54.0 Å². The van der Waals surface area contributed by atoms with Crippen LogP contribution in [0.15, 0.2) is 48.5 Å². The maximum Gasteiger partial charge on any atom is 0.407 e. The number of amides is 2. The highest BCUT2D eigenvalue weighted by atomic mass is 16.5. The number of ether oxygens (including phenoxy) is 1. The Morgan fingerprint density at radius 3 is 2.21 bits per heavy atom. The van der Waals surface area contributed by atoms with Crippen LogP contribution in [0.2, 0.25) is 0 Å². The number of carboxylic acids is 1. The van der Waals surface area contributed by atoms with E-state index in [2.05, 4.69) is 34.9 Å². The summed E-state index contributed by atoms with van der Waals surface area (Å²) in [4.78, 5) is 35.8. The summed E-state index contributed by atoms with van der Waals surface area (Å²) in [5.41, 5.74) is 4.61. The molecule has 0 saturated heterocycles. The summed E-state index contributed by atoms with van der Waals surface area (Å²) < 4.78 is 5.58. The molecule has 2 amide bonds. The Morgan fingerprint density at radius 1 is 0.941 bits per heavy atom. The molecule has 4 rings (SSSR count). The van der Waals surface area contributed by atoms with Gasteiger partial charge in [-0.15, -0.1) is 0 Å². The number of aliphatic carboxylic acids is 1. The number of carboxylic acid groups (broad SMARTS) is 1. The Hall–Kier alpha value is -3.39. The molecule has 2 aromatic carbocycles. The van der Waals surface area contributed by atoms with E-state index in [9.17, 15) is 19.5 Å². The maximum absolute atomic E-state index is 12.6. The molecule has 0 aromatic heterocycles. The lowest BCUT2D eigenvalue weighted by Crippen LogP contribution is -2.44. The minimum Gasteiger partial charge on any atom is -0.479 e. The standard InChI is InChI=1S/C26H30N2O6/c29-23(25(31)32)14-27-24(30)17-8-2-1-7-16(17)13-28-26(33)34-15-22-20-11-5-3-9-18(20)19-10-4-6-12-21(19)22/h3-6,9-12,16-17,22-23,29H,1-2,7-8,13-15H2,(H,27,30)(H,28,33)(H,31,32)/t16?,17?,23-/m0/s1. The van der Waals surface area contributed by atoms with Crippen molar-refractivity contribution in [3.05, 3.63) is 59.7 Å². The van der Waals surface area contributed by atoms with Gasteiger partial charge in [0.15, 0.2) is 6.10 Å². The number of alkyl carbamates (subject to hydrolysis) is 1. The van der Waals surface area contributed by atoms with Gasteiger partial charge in [0.05, 0.1) is 6.54 Å². The first-order valence-electron chi connectivity index (χ1n) is 11.7. The van der Waals surface area contributed by atoms with Crippen molar-refractivity contribution < 1.29 is 29.3 Å². The van der Waals surface area contributed by atoms with Crippen LogP contribution in [0.25, 0.3) is 11.1 Å². The van der Waals surface area contributed by atoms with Crippen molar-refractivity contribution in [1.29, 1.82) is 0 Å². The molecule has 34 heavy (non-hydrogen) atoms. The number of nitrogens with one attached hydrogen (secondary N) is 2. The number of carbonyl (C=O) groups excluding carboxylic acids is 2. The molecule has 8 nitrogen and oxygen atoms in total. The van der Waals surface area contributed by atoms with E-state index in [4.69, 9.17) is 9.84 Å². The fraction of sp³-hybridized carbons (Fsp3) is 0.423. The number of hydrogen-bond donors (Lipinski definition) is 4. The van der Waals surface area contributed by atoms with E-state index < -0.39 is 18.2 Å². The molecular weight excluding hydrogens is 436 g/mol. The fourth-order valence-electron chi connectivity index (χ4n) is 5.08. The summed E-state index contributed by atoms with van der Waals surface area (Å²) >= 11 is 0. The van der Waals surface area contributed by atoms with Crippen LogP contribution >= 0.6 is 0 Å². The highest BCUT2D eigenvalue weighted by Crippen LogP contribution is 2.44. The third kappa shape index (κ3) is 5.22. The third-order valence-corrected chi connectivity index (χ3v) is 6.85. The van der Waals surface area contributed by atoms with Crippen molar-refractivity contribution in [3.8, 4) is 11.1 Å². The Kier molecular flexibility index (Phi) is 7.47. The Morgan fingerprint density at radius 2 is 1.56 bits per heavy atom. The average Bonchev–Trinajstić information content (AvgIpc) is 3.18. The second-order valence-electron chi connectivity index (χ2n) is 8.96. The van der Waals surface area contributed by atoms with Crippen molar-refractivity contribution >= 4 is 18.0 Å². The van der Waals surface area contributed by atoms with E-state index in [0.717, 1.165) is 41.5 Å².